The van der Waals surface area contributed by atoms with Crippen molar-refractivity contribution in [1.82, 2.24) is 25.0 Å². The van der Waals surface area contributed by atoms with Crippen molar-refractivity contribution in [1.29, 1.82) is 5.41 Å². The largest absolute Gasteiger partial charge is 0.416 e. The molecule has 0 bridgehead atoms. The first kappa shape index (κ1) is 27.6. The average Bonchev–Trinajstić information content (AvgIpc) is 3.30. The van der Waals surface area contributed by atoms with Crippen LogP contribution in [0.2, 0.25) is 0 Å². The van der Waals surface area contributed by atoms with Gasteiger partial charge in [0.1, 0.15) is 11.6 Å². The summed E-state index contributed by atoms with van der Waals surface area (Å²) in [5.41, 5.74) is 2.74. The number of alkyl halides is 3. The number of hydrogen-bond donors (Lipinski definition) is 3. The first-order chi connectivity index (χ1) is 18.5. The maximum absolute atomic E-state index is 13.6. The summed E-state index contributed by atoms with van der Waals surface area (Å²) in [6, 6.07) is 6.37. The zero-order valence-corrected chi connectivity index (χ0v) is 21.4. The third-order valence-corrected chi connectivity index (χ3v) is 6.40. The third kappa shape index (κ3) is 6.19. The summed E-state index contributed by atoms with van der Waals surface area (Å²) in [7, 11) is 0. The molecule has 1 fully saturated rings. The van der Waals surface area contributed by atoms with Crippen molar-refractivity contribution in [3.05, 3.63) is 97.0 Å². The van der Waals surface area contributed by atoms with Gasteiger partial charge in [-0.15, -0.1) is 0 Å². The molecule has 1 saturated heterocycles. The van der Waals surface area contributed by atoms with Crippen LogP contribution in [-0.2, 0) is 12.7 Å². The van der Waals surface area contributed by atoms with Gasteiger partial charge in [-0.05, 0) is 42.8 Å². The van der Waals surface area contributed by atoms with E-state index in [1.165, 1.54) is 12.1 Å². The zero-order chi connectivity index (χ0) is 28.3. The van der Waals surface area contributed by atoms with E-state index in [0.717, 1.165) is 29.9 Å². The van der Waals surface area contributed by atoms with Crippen molar-refractivity contribution in [2.24, 2.45) is 5.92 Å². The van der Waals surface area contributed by atoms with Crippen molar-refractivity contribution >= 4 is 17.2 Å². The standard InChI is InChI=1S/C28H29F4N7/c1-5-34-17(2)13-39-16-20(12-36-39)24-10-11-35-27(37-23-8-6-22(7-9-23)28(30,31)32)25(24)26(33)21-14-38(15-21)19(4)18(3)29/h6-12,16,21,33-34H,2-5,13-15H2,1H3,(H,35,37). The molecule has 39 heavy (non-hydrogen) atoms. The van der Waals surface area contributed by atoms with Crippen molar-refractivity contribution in [3.63, 3.8) is 0 Å². The molecule has 4 rings (SSSR count). The second kappa shape index (κ2) is 11.1. The van der Waals surface area contributed by atoms with E-state index in [0.29, 0.717) is 42.3 Å². The number of hydrogen-bond acceptors (Lipinski definition) is 6. The fourth-order valence-corrected chi connectivity index (χ4v) is 4.30. The number of likely N-dealkylation sites (N-methyl/N-ethyl adjacent to an activating group) is 1. The van der Waals surface area contributed by atoms with Crippen LogP contribution in [-0.4, -0.2) is 45.0 Å². The number of benzene rings is 1. The average molecular weight is 540 g/mol. The summed E-state index contributed by atoms with van der Waals surface area (Å²) in [5.74, 6) is -0.562. The molecule has 0 amide bonds. The van der Waals surface area contributed by atoms with Gasteiger partial charge in [0, 0.05) is 66.2 Å². The normalized spacial score (nSPS) is 13.5. The Hall–Kier alpha value is -4.41. The molecule has 1 aromatic carbocycles. The molecule has 0 atom stereocenters. The second-order valence-corrected chi connectivity index (χ2v) is 9.21. The van der Waals surface area contributed by atoms with E-state index in [4.69, 9.17) is 5.41 Å². The summed E-state index contributed by atoms with van der Waals surface area (Å²) in [5, 5.41) is 19.7. The Morgan fingerprint density at radius 3 is 2.44 bits per heavy atom. The van der Waals surface area contributed by atoms with Gasteiger partial charge in [0.05, 0.1) is 24.0 Å². The minimum atomic E-state index is -4.45. The number of allylic oxidation sites excluding steroid dienone is 2. The molecular weight excluding hydrogens is 510 g/mol. The molecule has 1 aliphatic heterocycles. The topological polar surface area (TPSA) is 81.9 Å². The maximum Gasteiger partial charge on any atom is 0.416 e. The Labute approximate surface area is 224 Å². The Morgan fingerprint density at radius 1 is 1.13 bits per heavy atom. The van der Waals surface area contributed by atoms with Crippen molar-refractivity contribution in [3.8, 4) is 11.1 Å². The summed E-state index contributed by atoms with van der Waals surface area (Å²) < 4.78 is 54.4. The predicted octanol–water partition coefficient (Wildman–Crippen LogP) is 6.13. The third-order valence-electron chi connectivity index (χ3n) is 6.40. The van der Waals surface area contributed by atoms with Gasteiger partial charge >= 0.3 is 6.18 Å². The van der Waals surface area contributed by atoms with Crippen LogP contribution in [0.3, 0.4) is 0 Å². The van der Waals surface area contributed by atoms with Crippen molar-refractivity contribution < 1.29 is 17.6 Å². The van der Waals surface area contributed by atoms with Gasteiger partial charge in [0.25, 0.3) is 0 Å². The second-order valence-electron chi connectivity index (χ2n) is 9.21. The Balaban J connectivity index is 1.68. The van der Waals surface area contributed by atoms with Crippen LogP contribution in [0.15, 0.2) is 85.9 Å². The van der Waals surface area contributed by atoms with Crippen LogP contribution in [0.25, 0.3) is 11.1 Å². The van der Waals surface area contributed by atoms with Crippen LogP contribution in [0, 0.1) is 11.3 Å². The number of rotatable bonds is 11. The molecule has 0 unspecified atom stereocenters. The van der Waals surface area contributed by atoms with Gasteiger partial charge in [-0.1, -0.05) is 19.7 Å². The number of halogens is 4. The van der Waals surface area contributed by atoms with Crippen LogP contribution in [0.5, 0.6) is 0 Å². The highest BCUT2D eigenvalue weighted by molar-refractivity contribution is 6.10. The lowest BCUT2D eigenvalue weighted by molar-refractivity contribution is -0.137. The number of nitrogens with zero attached hydrogens (tertiary/aromatic N) is 4. The number of aromatic nitrogens is 3. The van der Waals surface area contributed by atoms with Gasteiger partial charge in [-0.3, -0.25) is 4.68 Å². The summed E-state index contributed by atoms with van der Waals surface area (Å²) in [4.78, 5) is 6.12. The number of anilines is 2. The molecule has 1 aliphatic rings. The highest BCUT2D eigenvalue weighted by Crippen LogP contribution is 2.36. The van der Waals surface area contributed by atoms with E-state index in [2.05, 4.69) is 40.5 Å². The Bertz CT molecular complexity index is 1400. The lowest BCUT2D eigenvalue weighted by atomic mass is 9.86. The number of likely N-dealkylation sites (tertiary alicyclic amines) is 1. The molecular formula is C28H29F4N7. The number of pyridine rings is 1. The quantitative estimate of drug-likeness (QED) is 0.155. The smallest absolute Gasteiger partial charge is 0.388 e. The van der Waals surface area contributed by atoms with Crippen LogP contribution >= 0.6 is 0 Å². The molecule has 7 nitrogen and oxygen atoms in total. The molecule has 11 heteroatoms. The zero-order valence-electron chi connectivity index (χ0n) is 21.4. The van der Waals surface area contributed by atoms with E-state index in [-0.39, 0.29) is 17.3 Å². The molecule has 0 spiro atoms. The Morgan fingerprint density at radius 2 is 1.82 bits per heavy atom. The monoisotopic (exact) mass is 539 g/mol. The highest BCUT2D eigenvalue weighted by Gasteiger charge is 2.35. The first-order valence-corrected chi connectivity index (χ1v) is 12.2. The predicted molar refractivity (Wildman–Crippen MR) is 144 cm³/mol. The molecule has 0 saturated carbocycles. The lowest BCUT2D eigenvalue weighted by Crippen LogP contribution is -2.49. The fourth-order valence-electron chi connectivity index (χ4n) is 4.30. The van der Waals surface area contributed by atoms with E-state index in [1.807, 2.05) is 13.1 Å². The number of nitrogens with one attached hydrogen (secondary N) is 3. The van der Waals surface area contributed by atoms with Gasteiger partial charge in [-0.2, -0.15) is 18.3 Å². The van der Waals surface area contributed by atoms with Crippen molar-refractivity contribution in [2.75, 3.05) is 25.0 Å². The molecule has 2 aromatic heterocycles. The maximum atomic E-state index is 13.6. The van der Waals surface area contributed by atoms with Crippen LogP contribution < -0.4 is 10.6 Å². The highest BCUT2D eigenvalue weighted by atomic mass is 19.4. The molecule has 204 valence electrons. The fraction of sp³-hybridized carbons (Fsp3) is 0.250. The molecule has 3 N–H and O–H groups in total. The lowest BCUT2D eigenvalue weighted by Gasteiger charge is -2.42. The molecule has 3 heterocycles. The van der Waals surface area contributed by atoms with Gasteiger partial charge < -0.3 is 20.9 Å². The van der Waals surface area contributed by atoms with Crippen LogP contribution in [0.1, 0.15) is 18.1 Å². The first-order valence-electron chi connectivity index (χ1n) is 12.2. The molecule has 0 aliphatic carbocycles. The van der Waals surface area contributed by atoms with Gasteiger partial charge in [0.2, 0.25) is 0 Å². The minimum Gasteiger partial charge on any atom is -0.388 e. The Kier molecular flexibility index (Phi) is 7.89. The van der Waals surface area contributed by atoms with E-state index in [9.17, 15) is 17.6 Å². The van der Waals surface area contributed by atoms with Crippen molar-refractivity contribution in [2.45, 2.75) is 19.6 Å². The van der Waals surface area contributed by atoms with E-state index >= 15 is 0 Å². The molecule has 3 aromatic rings. The molecule has 0 radical (unpaired) electrons. The summed E-state index contributed by atoms with van der Waals surface area (Å²) in [6.45, 7) is 14.9. The summed E-state index contributed by atoms with van der Waals surface area (Å²) in [6.07, 6.45) is 0.621. The minimum absolute atomic E-state index is 0.177. The van der Waals surface area contributed by atoms with Crippen LogP contribution in [0.4, 0.5) is 29.1 Å². The van der Waals surface area contributed by atoms with E-state index < -0.39 is 17.6 Å². The van der Waals surface area contributed by atoms with E-state index in [1.54, 1.807) is 28.0 Å². The summed E-state index contributed by atoms with van der Waals surface area (Å²) >= 11 is 0. The van der Waals surface area contributed by atoms with Gasteiger partial charge in [0.15, 0.2) is 0 Å². The SMILES string of the molecule is C=C(Cn1cc(-c2ccnc(Nc3ccc(C(F)(F)F)cc3)c2C(=N)C2CN(C(=C)C(=C)F)C2)cn1)NCC. The van der Waals surface area contributed by atoms with Gasteiger partial charge in [-0.25, -0.2) is 9.37 Å².